The molecule has 2 nitrogen and oxygen atoms in total. The van der Waals surface area contributed by atoms with Crippen molar-refractivity contribution >= 4 is 5.69 Å². The van der Waals surface area contributed by atoms with Crippen molar-refractivity contribution in [3.05, 3.63) is 54.6 Å². The molecule has 2 aromatic rings. The first kappa shape index (κ1) is 13.5. The van der Waals surface area contributed by atoms with Gasteiger partial charge in [0.05, 0.1) is 0 Å². The zero-order valence-corrected chi connectivity index (χ0v) is 11.8. The molecule has 0 heterocycles. The molecule has 0 aromatic heterocycles. The van der Waals surface area contributed by atoms with E-state index in [4.69, 9.17) is 4.74 Å². The standard InChI is InChI=1S/C17H21NO/c1-13(2)14(3)18-15-9-11-17(12-10-15)19-16-7-5-4-6-8-16/h4-14,18H,1-3H3. The molecular formula is C17H21NO. The first-order valence-electron chi connectivity index (χ1n) is 6.74. The number of nitrogens with one attached hydrogen (secondary N) is 1. The van der Waals surface area contributed by atoms with E-state index in [2.05, 4.69) is 38.2 Å². The highest BCUT2D eigenvalue weighted by Crippen LogP contribution is 2.23. The number of para-hydroxylation sites is 1. The average molecular weight is 255 g/mol. The fraction of sp³-hybridized carbons (Fsp3) is 0.294. The number of benzene rings is 2. The Kier molecular flexibility index (Phi) is 4.45. The monoisotopic (exact) mass is 255 g/mol. The molecule has 0 aliphatic carbocycles. The fourth-order valence-electron chi connectivity index (χ4n) is 1.67. The van der Waals surface area contributed by atoms with Crippen LogP contribution in [0, 0.1) is 5.92 Å². The highest BCUT2D eigenvalue weighted by molar-refractivity contribution is 5.47. The lowest BCUT2D eigenvalue weighted by Gasteiger charge is -2.18. The molecule has 0 saturated carbocycles. The summed E-state index contributed by atoms with van der Waals surface area (Å²) in [6.45, 7) is 6.62. The lowest BCUT2D eigenvalue weighted by molar-refractivity contribution is 0.482. The van der Waals surface area contributed by atoms with Crippen molar-refractivity contribution in [1.82, 2.24) is 0 Å². The van der Waals surface area contributed by atoms with Crippen LogP contribution in [0.3, 0.4) is 0 Å². The SMILES string of the molecule is CC(C)C(C)Nc1ccc(Oc2ccccc2)cc1. The molecule has 1 unspecified atom stereocenters. The summed E-state index contributed by atoms with van der Waals surface area (Å²) in [5.41, 5.74) is 1.13. The van der Waals surface area contributed by atoms with Gasteiger partial charge in [-0.15, -0.1) is 0 Å². The summed E-state index contributed by atoms with van der Waals surface area (Å²) >= 11 is 0. The molecule has 0 aliphatic rings. The fourth-order valence-corrected chi connectivity index (χ4v) is 1.67. The Bertz CT molecular complexity index is 490. The average Bonchev–Trinajstić information content (AvgIpc) is 2.42. The minimum absolute atomic E-state index is 0.459. The predicted octanol–water partition coefficient (Wildman–Crippen LogP) is 4.94. The Morgan fingerprint density at radius 2 is 1.37 bits per heavy atom. The van der Waals surface area contributed by atoms with Crippen molar-refractivity contribution in [1.29, 1.82) is 0 Å². The van der Waals surface area contributed by atoms with Crippen LogP contribution < -0.4 is 10.1 Å². The Labute approximate surface area is 115 Å². The van der Waals surface area contributed by atoms with Gasteiger partial charge in [-0.1, -0.05) is 32.0 Å². The van der Waals surface area contributed by atoms with E-state index >= 15 is 0 Å². The first-order chi connectivity index (χ1) is 9.15. The van der Waals surface area contributed by atoms with Crippen LogP contribution in [0.2, 0.25) is 0 Å². The van der Waals surface area contributed by atoms with Gasteiger partial charge in [-0.3, -0.25) is 0 Å². The van der Waals surface area contributed by atoms with Crippen LogP contribution in [0.15, 0.2) is 54.6 Å². The number of hydrogen-bond acceptors (Lipinski definition) is 2. The predicted molar refractivity (Wildman–Crippen MR) is 80.9 cm³/mol. The summed E-state index contributed by atoms with van der Waals surface area (Å²) < 4.78 is 5.76. The lowest BCUT2D eigenvalue weighted by Crippen LogP contribution is -2.21. The summed E-state index contributed by atoms with van der Waals surface area (Å²) in [6.07, 6.45) is 0. The van der Waals surface area contributed by atoms with Gasteiger partial charge in [-0.25, -0.2) is 0 Å². The molecule has 0 aliphatic heterocycles. The van der Waals surface area contributed by atoms with Crippen molar-refractivity contribution in [2.75, 3.05) is 5.32 Å². The van der Waals surface area contributed by atoms with Gasteiger partial charge < -0.3 is 10.1 Å². The van der Waals surface area contributed by atoms with Gasteiger partial charge in [0.25, 0.3) is 0 Å². The molecule has 0 fully saturated rings. The lowest BCUT2D eigenvalue weighted by atomic mass is 10.1. The second-order valence-electron chi connectivity index (χ2n) is 5.12. The smallest absolute Gasteiger partial charge is 0.127 e. The van der Waals surface area contributed by atoms with E-state index in [0.29, 0.717) is 12.0 Å². The third-order valence-electron chi connectivity index (χ3n) is 3.23. The molecule has 19 heavy (non-hydrogen) atoms. The number of anilines is 1. The minimum atomic E-state index is 0.459. The zero-order valence-electron chi connectivity index (χ0n) is 11.8. The zero-order chi connectivity index (χ0) is 13.7. The molecule has 1 atom stereocenters. The minimum Gasteiger partial charge on any atom is -0.457 e. The largest absolute Gasteiger partial charge is 0.457 e. The summed E-state index contributed by atoms with van der Waals surface area (Å²) in [5, 5.41) is 3.48. The molecule has 2 aromatic carbocycles. The number of ether oxygens (including phenoxy) is 1. The van der Waals surface area contributed by atoms with Crippen LogP contribution in [0.25, 0.3) is 0 Å². The van der Waals surface area contributed by atoms with E-state index in [-0.39, 0.29) is 0 Å². The maximum Gasteiger partial charge on any atom is 0.127 e. The molecule has 2 rings (SSSR count). The Balaban J connectivity index is 1.99. The third-order valence-corrected chi connectivity index (χ3v) is 3.23. The van der Waals surface area contributed by atoms with Crippen molar-refractivity contribution in [2.24, 2.45) is 5.92 Å². The molecule has 2 heteroatoms. The van der Waals surface area contributed by atoms with Crippen LogP contribution in [0.1, 0.15) is 20.8 Å². The second-order valence-corrected chi connectivity index (χ2v) is 5.12. The van der Waals surface area contributed by atoms with Crippen LogP contribution in [-0.4, -0.2) is 6.04 Å². The molecule has 100 valence electrons. The maximum atomic E-state index is 5.76. The first-order valence-corrected chi connectivity index (χ1v) is 6.74. The van der Waals surface area contributed by atoms with Gasteiger partial charge in [-0.05, 0) is 49.2 Å². The van der Waals surface area contributed by atoms with E-state index in [1.165, 1.54) is 0 Å². The summed E-state index contributed by atoms with van der Waals surface area (Å²) in [4.78, 5) is 0. The van der Waals surface area contributed by atoms with E-state index in [9.17, 15) is 0 Å². The molecule has 0 saturated heterocycles. The topological polar surface area (TPSA) is 21.3 Å². The molecular weight excluding hydrogens is 234 g/mol. The highest BCUT2D eigenvalue weighted by atomic mass is 16.5. The Hall–Kier alpha value is -1.96. The summed E-state index contributed by atoms with van der Waals surface area (Å²) in [6, 6.07) is 18.4. The Morgan fingerprint density at radius 3 is 1.95 bits per heavy atom. The van der Waals surface area contributed by atoms with Crippen molar-refractivity contribution in [3.63, 3.8) is 0 Å². The van der Waals surface area contributed by atoms with Gasteiger partial charge in [0, 0.05) is 11.7 Å². The van der Waals surface area contributed by atoms with Crippen LogP contribution >= 0.6 is 0 Å². The quantitative estimate of drug-likeness (QED) is 0.817. The van der Waals surface area contributed by atoms with Gasteiger partial charge in [0.1, 0.15) is 11.5 Å². The van der Waals surface area contributed by atoms with Crippen molar-refractivity contribution in [2.45, 2.75) is 26.8 Å². The summed E-state index contributed by atoms with van der Waals surface area (Å²) in [5.74, 6) is 2.33. The van der Waals surface area contributed by atoms with E-state index in [1.807, 2.05) is 42.5 Å². The number of rotatable bonds is 5. The van der Waals surface area contributed by atoms with Crippen molar-refractivity contribution < 1.29 is 4.74 Å². The van der Waals surface area contributed by atoms with Crippen LogP contribution in [0.5, 0.6) is 11.5 Å². The third kappa shape index (κ3) is 4.02. The van der Waals surface area contributed by atoms with Crippen LogP contribution in [0.4, 0.5) is 5.69 Å². The molecule has 0 spiro atoms. The molecule has 0 amide bonds. The normalized spacial score (nSPS) is 12.2. The molecule has 0 bridgehead atoms. The van der Waals surface area contributed by atoms with E-state index in [1.54, 1.807) is 0 Å². The van der Waals surface area contributed by atoms with E-state index < -0.39 is 0 Å². The second kappa shape index (κ2) is 6.28. The van der Waals surface area contributed by atoms with Gasteiger partial charge in [0.15, 0.2) is 0 Å². The van der Waals surface area contributed by atoms with Gasteiger partial charge in [0.2, 0.25) is 0 Å². The molecule has 1 N–H and O–H groups in total. The van der Waals surface area contributed by atoms with Crippen LogP contribution in [-0.2, 0) is 0 Å². The number of hydrogen-bond donors (Lipinski definition) is 1. The van der Waals surface area contributed by atoms with E-state index in [0.717, 1.165) is 17.2 Å². The molecule has 0 radical (unpaired) electrons. The summed E-state index contributed by atoms with van der Waals surface area (Å²) in [7, 11) is 0. The van der Waals surface area contributed by atoms with Gasteiger partial charge in [-0.2, -0.15) is 0 Å². The van der Waals surface area contributed by atoms with Crippen molar-refractivity contribution in [3.8, 4) is 11.5 Å². The maximum absolute atomic E-state index is 5.76. The van der Waals surface area contributed by atoms with Gasteiger partial charge >= 0.3 is 0 Å². The Morgan fingerprint density at radius 1 is 0.789 bits per heavy atom. The highest BCUT2D eigenvalue weighted by Gasteiger charge is 2.06.